The fraction of sp³-hybridized carbons (Fsp3) is 0.921. The smallest absolute Gasteiger partial charge is 0.410 e. The number of amides is 2. The second kappa shape index (κ2) is 36.8. The summed E-state index contributed by atoms with van der Waals surface area (Å²) in [4.78, 5) is 35.2. The second-order valence-corrected chi connectivity index (χ2v) is 15.2. The van der Waals surface area contributed by atoms with Gasteiger partial charge in [-0.1, -0.05) is 0 Å². The Bertz CT molecular complexity index is 830. The standard InChI is InChI=1S/C9H19NO3.C6H13NO2.2C6H15NO.C6H12O2.C5H13NO/c1-9(2,3)13-8(11)10(4)6-7-12-5;1-6(8)7(2)4-5-9-3;1-6(2,7-3)5-8-4;1-6(2,8-4)5-7-3;1-5(7)8-6(2,3)4;1-5(6-2)4-7-3/h6-7H2,1-5H3;4-5H2,1-3H3;2*7H,5H2,1-4H3;1-4H3;5-6H,4H2,1-3H3. The van der Waals surface area contributed by atoms with Crippen LogP contribution in [0, 0.1) is 0 Å². The van der Waals surface area contributed by atoms with Crippen molar-refractivity contribution in [3.63, 3.8) is 0 Å². The summed E-state index contributed by atoms with van der Waals surface area (Å²) in [5.41, 5.74) is -0.659. The van der Waals surface area contributed by atoms with Crippen molar-refractivity contribution in [1.29, 1.82) is 0 Å². The van der Waals surface area contributed by atoms with Crippen molar-refractivity contribution in [1.82, 2.24) is 25.8 Å². The maximum absolute atomic E-state index is 11.3. The fourth-order valence-electron chi connectivity index (χ4n) is 2.74. The van der Waals surface area contributed by atoms with Gasteiger partial charge in [0.2, 0.25) is 5.91 Å². The number of nitrogens with one attached hydrogen (secondary N) is 3. The minimum Gasteiger partial charge on any atom is -0.460 e. The SMILES string of the molecule is CC(=O)OC(C)(C)C.CNC(C)(C)COC.CNC(C)COC.CNCC(C)(C)OC.COCCN(C)C(=O)OC(C)(C)C.COCCN(C)C(C)=O. The first kappa shape index (κ1) is 62.9. The summed E-state index contributed by atoms with van der Waals surface area (Å²) < 4.78 is 34.4. The molecule has 2 amide bonds. The molecule has 0 saturated carbocycles. The van der Waals surface area contributed by atoms with Gasteiger partial charge in [-0.25, -0.2) is 4.79 Å². The average molecular weight is 774 g/mol. The largest absolute Gasteiger partial charge is 0.460 e. The summed E-state index contributed by atoms with van der Waals surface area (Å²) in [6, 6.07) is 0.477. The topological polar surface area (TPSA) is 158 Å². The van der Waals surface area contributed by atoms with Gasteiger partial charge in [0.25, 0.3) is 0 Å². The van der Waals surface area contributed by atoms with Crippen LogP contribution in [-0.4, -0.2) is 173 Å². The highest BCUT2D eigenvalue weighted by Gasteiger charge is 2.19. The third-order valence-electron chi connectivity index (χ3n) is 6.20. The van der Waals surface area contributed by atoms with E-state index in [9.17, 15) is 14.4 Å². The maximum Gasteiger partial charge on any atom is 0.410 e. The van der Waals surface area contributed by atoms with E-state index in [2.05, 4.69) is 36.7 Å². The molecule has 1 unspecified atom stereocenters. The lowest BCUT2D eigenvalue weighted by atomic mass is 10.1. The molecule has 1 atom stereocenters. The number of esters is 1. The lowest BCUT2D eigenvalue weighted by Crippen LogP contribution is -2.40. The molecule has 0 aliphatic heterocycles. The van der Waals surface area contributed by atoms with E-state index in [1.54, 1.807) is 54.5 Å². The first-order valence-electron chi connectivity index (χ1n) is 17.9. The van der Waals surface area contributed by atoms with Gasteiger partial charge >= 0.3 is 12.1 Å². The number of carbonyl (C=O) groups excluding carboxylic acids is 3. The third kappa shape index (κ3) is 62.2. The molecule has 15 nitrogen and oxygen atoms in total. The normalized spacial score (nSPS) is 11.5. The molecular formula is C38H87N5O10. The van der Waals surface area contributed by atoms with Crippen molar-refractivity contribution in [3.05, 3.63) is 0 Å². The molecule has 0 heterocycles. The molecule has 0 bridgehead atoms. The molecule has 53 heavy (non-hydrogen) atoms. The molecule has 0 aliphatic carbocycles. The molecule has 0 fully saturated rings. The number of carbonyl (C=O) groups is 3. The van der Waals surface area contributed by atoms with Gasteiger partial charge in [-0.05, 0) is 97.3 Å². The molecule has 0 saturated heterocycles. The number of hydrogen-bond donors (Lipinski definition) is 3. The predicted molar refractivity (Wildman–Crippen MR) is 218 cm³/mol. The summed E-state index contributed by atoms with van der Waals surface area (Å²) in [6.45, 7) is 29.1. The number of nitrogens with zero attached hydrogens (tertiary/aromatic N) is 2. The summed E-state index contributed by atoms with van der Waals surface area (Å²) in [5, 5.41) is 9.19. The van der Waals surface area contributed by atoms with Crippen molar-refractivity contribution >= 4 is 18.0 Å². The number of hydrogen-bond acceptors (Lipinski definition) is 13. The van der Waals surface area contributed by atoms with Gasteiger partial charge in [-0.3, -0.25) is 9.59 Å². The van der Waals surface area contributed by atoms with Crippen molar-refractivity contribution in [2.45, 2.75) is 118 Å². The average Bonchev–Trinajstić information content (AvgIpc) is 3.02. The van der Waals surface area contributed by atoms with Crippen molar-refractivity contribution in [2.24, 2.45) is 0 Å². The summed E-state index contributed by atoms with van der Waals surface area (Å²) in [5.74, 6) is -0.149. The second-order valence-electron chi connectivity index (χ2n) is 15.2. The monoisotopic (exact) mass is 774 g/mol. The highest BCUT2D eigenvalue weighted by atomic mass is 16.6. The van der Waals surface area contributed by atoms with Crippen LogP contribution in [0.3, 0.4) is 0 Å². The molecule has 0 spiro atoms. The zero-order valence-corrected chi connectivity index (χ0v) is 38.5. The van der Waals surface area contributed by atoms with E-state index in [1.807, 2.05) is 76.5 Å². The van der Waals surface area contributed by atoms with Gasteiger partial charge in [0.05, 0.1) is 32.0 Å². The summed E-state index contributed by atoms with van der Waals surface area (Å²) in [6.07, 6.45) is -0.315. The molecule has 0 aromatic heterocycles. The number of rotatable bonds is 15. The molecule has 15 heteroatoms. The van der Waals surface area contributed by atoms with Gasteiger partial charge < -0.3 is 58.9 Å². The van der Waals surface area contributed by atoms with E-state index in [4.69, 9.17) is 33.2 Å². The van der Waals surface area contributed by atoms with E-state index < -0.39 is 5.60 Å². The van der Waals surface area contributed by atoms with Gasteiger partial charge in [-0.15, -0.1) is 0 Å². The van der Waals surface area contributed by atoms with Gasteiger partial charge in [0.15, 0.2) is 0 Å². The molecular weight excluding hydrogens is 686 g/mol. The minimum atomic E-state index is -0.432. The van der Waals surface area contributed by atoms with Crippen LogP contribution < -0.4 is 16.0 Å². The Morgan fingerprint density at radius 2 is 1.09 bits per heavy atom. The highest BCUT2D eigenvalue weighted by Crippen LogP contribution is 2.09. The molecule has 324 valence electrons. The number of methoxy groups -OCH3 is 5. The van der Waals surface area contributed by atoms with E-state index >= 15 is 0 Å². The van der Waals surface area contributed by atoms with Crippen molar-refractivity contribution in [2.75, 3.05) is 117 Å². The van der Waals surface area contributed by atoms with Gasteiger partial charge in [0.1, 0.15) is 11.2 Å². The van der Waals surface area contributed by atoms with Crippen molar-refractivity contribution in [3.8, 4) is 0 Å². The lowest BCUT2D eigenvalue weighted by Gasteiger charge is -2.24. The Morgan fingerprint density at radius 1 is 0.660 bits per heavy atom. The van der Waals surface area contributed by atoms with E-state index in [0.717, 1.165) is 19.8 Å². The van der Waals surface area contributed by atoms with Crippen LogP contribution in [0.4, 0.5) is 4.79 Å². The zero-order chi connectivity index (χ0) is 43.5. The van der Waals surface area contributed by atoms with Crippen LogP contribution in [0.5, 0.6) is 0 Å². The Kier molecular flexibility index (Phi) is 43.7. The highest BCUT2D eigenvalue weighted by molar-refractivity contribution is 5.72. The Morgan fingerprint density at radius 3 is 1.28 bits per heavy atom. The van der Waals surface area contributed by atoms with Gasteiger partial charge in [0, 0.05) is 94.7 Å². The van der Waals surface area contributed by atoms with E-state index in [-0.39, 0.29) is 34.7 Å². The van der Waals surface area contributed by atoms with Crippen LogP contribution in [0.2, 0.25) is 0 Å². The lowest BCUT2D eigenvalue weighted by molar-refractivity contribution is -0.151. The van der Waals surface area contributed by atoms with E-state index in [1.165, 1.54) is 18.7 Å². The molecule has 3 N–H and O–H groups in total. The number of likely N-dealkylation sites (N-methyl/N-ethyl adjacent to an activating group) is 5. The van der Waals surface area contributed by atoms with Crippen LogP contribution in [0.25, 0.3) is 0 Å². The Labute approximate surface area is 326 Å². The minimum absolute atomic E-state index is 0.0191. The zero-order valence-electron chi connectivity index (χ0n) is 38.5. The first-order valence-corrected chi connectivity index (χ1v) is 17.9. The number of ether oxygens (including phenoxy) is 7. The van der Waals surface area contributed by atoms with Crippen LogP contribution in [0.1, 0.15) is 90.0 Å². The van der Waals surface area contributed by atoms with E-state index in [0.29, 0.717) is 32.3 Å². The van der Waals surface area contributed by atoms with Crippen LogP contribution in [-0.2, 0) is 42.7 Å². The Balaban J connectivity index is -0.000000127. The predicted octanol–water partition coefficient (Wildman–Crippen LogP) is 4.46. The molecule has 0 aromatic carbocycles. The molecule has 0 rings (SSSR count). The van der Waals surface area contributed by atoms with Gasteiger partial charge in [-0.2, -0.15) is 0 Å². The van der Waals surface area contributed by atoms with Crippen molar-refractivity contribution < 1.29 is 47.5 Å². The molecule has 0 aromatic rings. The van der Waals surface area contributed by atoms with Crippen LogP contribution in [0.15, 0.2) is 0 Å². The molecule has 0 aliphatic rings. The summed E-state index contributed by atoms with van der Waals surface area (Å²) in [7, 11) is 17.6. The van der Waals surface area contributed by atoms with Crippen LogP contribution >= 0.6 is 0 Å². The fourth-order valence-corrected chi connectivity index (χ4v) is 2.74. The first-order chi connectivity index (χ1) is 24.0. The summed E-state index contributed by atoms with van der Waals surface area (Å²) >= 11 is 0. The molecule has 0 radical (unpaired) electrons. The third-order valence-corrected chi connectivity index (χ3v) is 6.20. The maximum atomic E-state index is 11.3. The quantitative estimate of drug-likeness (QED) is 0.201. The Hall–Kier alpha value is -2.11.